The summed E-state index contributed by atoms with van der Waals surface area (Å²) in [6.07, 6.45) is 4.93. The molecule has 0 heterocycles. The molecular weight excluding hydrogens is 176 g/mol. The Labute approximate surface area is 87.4 Å². The number of nitrogens with one attached hydrogen (secondary N) is 1. The smallest absolute Gasteiger partial charge is 0.220 e. The Morgan fingerprint density at radius 3 is 2.71 bits per heavy atom. The highest BCUT2D eigenvalue weighted by Gasteiger charge is 2.06. The summed E-state index contributed by atoms with van der Waals surface area (Å²) in [5.41, 5.74) is 5.35. The van der Waals surface area contributed by atoms with Crippen LogP contribution in [0.15, 0.2) is 0 Å². The summed E-state index contributed by atoms with van der Waals surface area (Å²) >= 11 is 0. The van der Waals surface area contributed by atoms with Gasteiger partial charge in [0.15, 0.2) is 0 Å². The van der Waals surface area contributed by atoms with Gasteiger partial charge in [0.05, 0.1) is 0 Å². The summed E-state index contributed by atoms with van der Waals surface area (Å²) in [6, 6.07) is 0. The third kappa shape index (κ3) is 8.05. The fourth-order valence-electron chi connectivity index (χ4n) is 1.48. The molecule has 0 radical (unpaired) electrons. The van der Waals surface area contributed by atoms with E-state index < -0.39 is 0 Å². The molecule has 3 N–H and O–H groups in total. The summed E-state index contributed by atoms with van der Waals surface area (Å²) in [5.74, 6) is 0.692. The molecule has 3 heteroatoms. The van der Waals surface area contributed by atoms with E-state index in [1.807, 2.05) is 0 Å². The Morgan fingerprint density at radius 1 is 1.43 bits per heavy atom. The Morgan fingerprint density at radius 2 is 2.14 bits per heavy atom. The third-order valence-corrected chi connectivity index (χ3v) is 2.27. The molecule has 0 aliphatic heterocycles. The highest BCUT2D eigenvalue weighted by Crippen LogP contribution is 2.08. The number of hydrogen-bond donors (Lipinski definition) is 2. The SMILES string of the molecule is CCCC(C)CC(=O)NCCCCN. The minimum Gasteiger partial charge on any atom is -0.356 e. The van der Waals surface area contributed by atoms with E-state index in [4.69, 9.17) is 5.73 Å². The highest BCUT2D eigenvalue weighted by molar-refractivity contribution is 5.76. The molecule has 0 bridgehead atoms. The van der Waals surface area contributed by atoms with Gasteiger partial charge in [-0.25, -0.2) is 0 Å². The Bertz CT molecular complexity index is 148. The van der Waals surface area contributed by atoms with Gasteiger partial charge in [-0.15, -0.1) is 0 Å². The lowest BCUT2D eigenvalue weighted by molar-refractivity contribution is -0.121. The van der Waals surface area contributed by atoms with Crippen LogP contribution in [-0.2, 0) is 4.79 Å². The number of unbranched alkanes of at least 4 members (excludes halogenated alkanes) is 1. The molecule has 0 aliphatic rings. The van der Waals surface area contributed by atoms with Crippen molar-refractivity contribution in [2.24, 2.45) is 11.7 Å². The minimum atomic E-state index is 0.183. The molecule has 0 rings (SSSR count). The van der Waals surface area contributed by atoms with Crippen molar-refractivity contribution in [1.29, 1.82) is 0 Å². The second-order valence-electron chi connectivity index (χ2n) is 3.94. The lowest BCUT2D eigenvalue weighted by Crippen LogP contribution is -2.26. The molecule has 1 atom stereocenters. The van der Waals surface area contributed by atoms with Gasteiger partial charge < -0.3 is 11.1 Å². The maximum atomic E-state index is 11.3. The summed E-state index contributed by atoms with van der Waals surface area (Å²) < 4.78 is 0. The predicted molar refractivity (Wildman–Crippen MR) is 60.0 cm³/mol. The maximum Gasteiger partial charge on any atom is 0.220 e. The number of nitrogens with two attached hydrogens (primary N) is 1. The number of carbonyl (C=O) groups is 1. The van der Waals surface area contributed by atoms with Gasteiger partial charge in [0.25, 0.3) is 0 Å². The fourth-order valence-corrected chi connectivity index (χ4v) is 1.48. The predicted octanol–water partition coefficient (Wildman–Crippen LogP) is 1.67. The van der Waals surface area contributed by atoms with Crippen LogP contribution in [0.2, 0.25) is 0 Å². The number of rotatable bonds is 8. The van der Waals surface area contributed by atoms with Crippen LogP contribution in [0.5, 0.6) is 0 Å². The molecule has 0 aromatic heterocycles. The van der Waals surface area contributed by atoms with Crippen molar-refractivity contribution in [3.8, 4) is 0 Å². The van der Waals surface area contributed by atoms with Crippen molar-refractivity contribution >= 4 is 5.91 Å². The number of amides is 1. The summed E-state index contributed by atoms with van der Waals surface area (Å²) in [5, 5.41) is 2.91. The molecule has 3 nitrogen and oxygen atoms in total. The van der Waals surface area contributed by atoms with Crippen molar-refractivity contribution in [2.75, 3.05) is 13.1 Å². The second-order valence-corrected chi connectivity index (χ2v) is 3.94. The van der Waals surface area contributed by atoms with Gasteiger partial charge in [-0.05, 0) is 25.3 Å². The first kappa shape index (κ1) is 13.4. The Kier molecular flexibility index (Phi) is 8.64. The van der Waals surface area contributed by atoms with E-state index in [1.54, 1.807) is 0 Å². The molecule has 0 saturated carbocycles. The first-order valence-corrected chi connectivity index (χ1v) is 5.67. The zero-order valence-corrected chi connectivity index (χ0v) is 9.51. The average Bonchev–Trinajstić information content (AvgIpc) is 2.13. The van der Waals surface area contributed by atoms with Gasteiger partial charge in [0.2, 0.25) is 5.91 Å². The Hall–Kier alpha value is -0.570. The molecule has 0 aromatic rings. The van der Waals surface area contributed by atoms with Crippen LogP contribution in [-0.4, -0.2) is 19.0 Å². The molecule has 0 aliphatic carbocycles. The summed E-state index contributed by atoms with van der Waals surface area (Å²) in [4.78, 5) is 11.3. The molecule has 0 spiro atoms. The summed E-state index contributed by atoms with van der Waals surface area (Å²) in [7, 11) is 0. The van der Waals surface area contributed by atoms with Crippen LogP contribution in [0, 0.1) is 5.92 Å². The maximum absolute atomic E-state index is 11.3. The van der Waals surface area contributed by atoms with Crippen LogP contribution in [0.3, 0.4) is 0 Å². The van der Waals surface area contributed by atoms with E-state index in [0.717, 1.165) is 32.2 Å². The first-order chi connectivity index (χ1) is 6.70. The van der Waals surface area contributed by atoms with Gasteiger partial charge in [-0.1, -0.05) is 26.7 Å². The molecule has 1 amide bonds. The lowest BCUT2D eigenvalue weighted by Gasteiger charge is -2.09. The van der Waals surface area contributed by atoms with Gasteiger partial charge in [0, 0.05) is 13.0 Å². The van der Waals surface area contributed by atoms with E-state index >= 15 is 0 Å². The van der Waals surface area contributed by atoms with Crippen molar-refractivity contribution in [3.05, 3.63) is 0 Å². The first-order valence-electron chi connectivity index (χ1n) is 5.67. The molecule has 14 heavy (non-hydrogen) atoms. The third-order valence-electron chi connectivity index (χ3n) is 2.27. The Balaban J connectivity index is 3.35. The quantitative estimate of drug-likeness (QED) is 0.586. The zero-order valence-electron chi connectivity index (χ0n) is 9.51. The van der Waals surface area contributed by atoms with Crippen LogP contribution in [0.1, 0.15) is 46.0 Å². The highest BCUT2D eigenvalue weighted by atomic mass is 16.1. The number of hydrogen-bond acceptors (Lipinski definition) is 2. The van der Waals surface area contributed by atoms with Gasteiger partial charge >= 0.3 is 0 Å². The van der Waals surface area contributed by atoms with Crippen LogP contribution >= 0.6 is 0 Å². The van der Waals surface area contributed by atoms with Crippen molar-refractivity contribution in [2.45, 2.75) is 46.0 Å². The molecule has 0 saturated heterocycles. The number of carbonyl (C=O) groups excluding carboxylic acids is 1. The second kappa shape index (κ2) is 9.00. The fraction of sp³-hybridized carbons (Fsp3) is 0.909. The van der Waals surface area contributed by atoms with E-state index in [2.05, 4.69) is 19.2 Å². The molecule has 0 fully saturated rings. The van der Waals surface area contributed by atoms with Crippen molar-refractivity contribution < 1.29 is 4.79 Å². The molecule has 0 aromatic carbocycles. The van der Waals surface area contributed by atoms with E-state index in [1.165, 1.54) is 0 Å². The van der Waals surface area contributed by atoms with Gasteiger partial charge in [-0.3, -0.25) is 4.79 Å². The van der Waals surface area contributed by atoms with Crippen LogP contribution in [0.25, 0.3) is 0 Å². The average molecular weight is 200 g/mol. The standard InChI is InChI=1S/C11H24N2O/c1-3-6-10(2)9-11(14)13-8-5-4-7-12/h10H,3-9,12H2,1-2H3,(H,13,14). The van der Waals surface area contributed by atoms with Crippen LogP contribution < -0.4 is 11.1 Å². The van der Waals surface area contributed by atoms with Crippen LogP contribution in [0.4, 0.5) is 0 Å². The van der Waals surface area contributed by atoms with E-state index in [-0.39, 0.29) is 5.91 Å². The molecule has 84 valence electrons. The van der Waals surface area contributed by atoms with E-state index in [9.17, 15) is 4.79 Å². The molecular formula is C11H24N2O. The topological polar surface area (TPSA) is 55.1 Å². The van der Waals surface area contributed by atoms with Gasteiger partial charge in [0.1, 0.15) is 0 Å². The minimum absolute atomic E-state index is 0.183. The van der Waals surface area contributed by atoms with E-state index in [0.29, 0.717) is 18.9 Å². The van der Waals surface area contributed by atoms with Crippen molar-refractivity contribution in [3.63, 3.8) is 0 Å². The lowest BCUT2D eigenvalue weighted by atomic mass is 10.0. The summed E-state index contributed by atoms with van der Waals surface area (Å²) in [6.45, 7) is 5.76. The zero-order chi connectivity index (χ0) is 10.8. The largest absolute Gasteiger partial charge is 0.356 e. The van der Waals surface area contributed by atoms with Gasteiger partial charge in [-0.2, -0.15) is 0 Å². The normalized spacial score (nSPS) is 12.5. The molecule has 1 unspecified atom stereocenters. The van der Waals surface area contributed by atoms with Crippen molar-refractivity contribution in [1.82, 2.24) is 5.32 Å². The monoisotopic (exact) mass is 200 g/mol.